The van der Waals surface area contributed by atoms with E-state index in [4.69, 9.17) is 17.0 Å². The number of nitrogens with zero attached hydrogens (tertiary/aromatic N) is 2. The van der Waals surface area contributed by atoms with Gasteiger partial charge in [0.05, 0.1) is 22.8 Å². The van der Waals surface area contributed by atoms with Crippen molar-refractivity contribution in [3.05, 3.63) is 32.4 Å². The Labute approximate surface area is 165 Å². The van der Waals surface area contributed by atoms with Gasteiger partial charge in [-0.15, -0.1) is 11.3 Å². The first kappa shape index (κ1) is 19.9. The molecule has 2 aromatic rings. The van der Waals surface area contributed by atoms with Gasteiger partial charge in [-0.05, 0) is 61.4 Å². The lowest BCUT2D eigenvalue weighted by Crippen LogP contribution is -2.30. The van der Waals surface area contributed by atoms with E-state index in [1.807, 2.05) is 25.5 Å². The lowest BCUT2D eigenvalue weighted by Gasteiger charge is -2.11. The molecule has 0 fully saturated rings. The molecule has 0 saturated heterocycles. The number of esters is 1. The number of carbonyl (C=O) groups is 1. The zero-order chi connectivity index (χ0) is 18.6. The molecular weight excluding hydrogens is 424 g/mol. The fourth-order valence-corrected chi connectivity index (χ4v) is 3.80. The van der Waals surface area contributed by atoms with Gasteiger partial charge in [0.1, 0.15) is 5.00 Å². The van der Waals surface area contributed by atoms with Gasteiger partial charge in [0.2, 0.25) is 0 Å². The molecule has 0 unspecified atom stereocenters. The van der Waals surface area contributed by atoms with Crippen molar-refractivity contribution in [2.75, 3.05) is 19.0 Å². The second-order valence-electron chi connectivity index (χ2n) is 5.53. The van der Waals surface area contributed by atoms with Crippen LogP contribution in [0.1, 0.15) is 33.0 Å². The standard InChI is InChI=1S/C16H21BrN4O2S2/c1-9-8-12(15(22)23-4)14(25-9)19-16(24)18-6-5-7-21-11(3)13(17)10(2)20-21/h8H,5-7H2,1-4H3,(H2,18,19,24). The van der Waals surface area contributed by atoms with Crippen LogP contribution < -0.4 is 10.6 Å². The Morgan fingerprint density at radius 2 is 2.16 bits per heavy atom. The summed E-state index contributed by atoms with van der Waals surface area (Å²) in [6.45, 7) is 7.47. The molecule has 0 saturated carbocycles. The number of hydrogen-bond donors (Lipinski definition) is 2. The number of aromatic nitrogens is 2. The highest BCUT2D eigenvalue weighted by molar-refractivity contribution is 9.10. The highest BCUT2D eigenvalue weighted by atomic mass is 79.9. The summed E-state index contributed by atoms with van der Waals surface area (Å²) < 4.78 is 7.83. The van der Waals surface area contributed by atoms with Crippen LogP contribution in [0.5, 0.6) is 0 Å². The van der Waals surface area contributed by atoms with Crippen molar-refractivity contribution in [2.45, 2.75) is 33.7 Å². The molecule has 0 aliphatic rings. The third-order valence-corrected chi connectivity index (χ3v) is 5.97. The van der Waals surface area contributed by atoms with Crippen LogP contribution in [0, 0.1) is 20.8 Å². The maximum atomic E-state index is 11.8. The zero-order valence-electron chi connectivity index (χ0n) is 14.6. The average molecular weight is 445 g/mol. The Morgan fingerprint density at radius 3 is 2.76 bits per heavy atom. The molecule has 6 nitrogen and oxygen atoms in total. The summed E-state index contributed by atoms with van der Waals surface area (Å²) in [5, 5.41) is 11.9. The third kappa shape index (κ3) is 5.02. The normalized spacial score (nSPS) is 10.6. The smallest absolute Gasteiger partial charge is 0.340 e. The van der Waals surface area contributed by atoms with Crippen molar-refractivity contribution in [1.29, 1.82) is 0 Å². The number of nitrogens with one attached hydrogen (secondary N) is 2. The molecule has 2 N–H and O–H groups in total. The van der Waals surface area contributed by atoms with Crippen molar-refractivity contribution < 1.29 is 9.53 Å². The fourth-order valence-electron chi connectivity index (χ4n) is 2.34. The average Bonchev–Trinajstić information content (AvgIpc) is 3.05. The molecule has 136 valence electrons. The molecule has 0 amide bonds. The van der Waals surface area contributed by atoms with Gasteiger partial charge in [0, 0.05) is 23.7 Å². The predicted molar refractivity (Wildman–Crippen MR) is 109 cm³/mol. The monoisotopic (exact) mass is 444 g/mol. The van der Waals surface area contributed by atoms with E-state index in [1.165, 1.54) is 18.4 Å². The molecule has 2 rings (SSSR count). The summed E-state index contributed by atoms with van der Waals surface area (Å²) in [5.74, 6) is -0.371. The summed E-state index contributed by atoms with van der Waals surface area (Å²) >= 11 is 10.3. The maximum absolute atomic E-state index is 11.8. The fraction of sp³-hybridized carbons (Fsp3) is 0.438. The molecule has 25 heavy (non-hydrogen) atoms. The Bertz CT molecular complexity index is 785. The van der Waals surface area contributed by atoms with Gasteiger partial charge in [0.15, 0.2) is 5.11 Å². The second-order valence-corrected chi connectivity index (χ2v) is 7.99. The number of hydrogen-bond acceptors (Lipinski definition) is 5. The molecule has 2 heterocycles. The van der Waals surface area contributed by atoms with Crippen molar-refractivity contribution >= 4 is 55.6 Å². The number of ether oxygens (including phenoxy) is 1. The third-order valence-electron chi connectivity index (χ3n) is 3.61. The number of rotatable bonds is 6. The first-order valence-corrected chi connectivity index (χ1v) is 9.78. The van der Waals surface area contributed by atoms with Gasteiger partial charge in [-0.25, -0.2) is 4.79 Å². The zero-order valence-corrected chi connectivity index (χ0v) is 17.8. The summed E-state index contributed by atoms with van der Waals surface area (Å²) in [5.41, 5.74) is 2.61. The quantitative estimate of drug-likeness (QED) is 0.401. The largest absolute Gasteiger partial charge is 0.465 e. The van der Waals surface area contributed by atoms with E-state index in [-0.39, 0.29) is 5.97 Å². The van der Waals surface area contributed by atoms with Gasteiger partial charge in [-0.2, -0.15) is 5.10 Å². The number of thiocarbonyl (C=S) groups is 1. The van der Waals surface area contributed by atoms with Gasteiger partial charge in [-0.1, -0.05) is 0 Å². The minimum absolute atomic E-state index is 0.371. The molecule has 0 bridgehead atoms. The molecular formula is C16H21BrN4O2S2. The number of aryl methyl sites for hydroxylation is 3. The van der Waals surface area contributed by atoms with Crippen LogP contribution in [-0.4, -0.2) is 34.5 Å². The van der Waals surface area contributed by atoms with Crippen molar-refractivity contribution in [3.63, 3.8) is 0 Å². The first-order chi connectivity index (χ1) is 11.8. The topological polar surface area (TPSA) is 68.2 Å². The Balaban J connectivity index is 1.83. The predicted octanol–water partition coefficient (Wildman–Crippen LogP) is 3.80. The molecule has 0 radical (unpaired) electrons. The number of anilines is 1. The van der Waals surface area contributed by atoms with E-state index in [9.17, 15) is 4.79 Å². The van der Waals surface area contributed by atoms with E-state index in [0.717, 1.165) is 33.7 Å². The van der Waals surface area contributed by atoms with Crippen LogP contribution >= 0.6 is 39.5 Å². The summed E-state index contributed by atoms with van der Waals surface area (Å²) in [6, 6.07) is 1.79. The van der Waals surface area contributed by atoms with E-state index >= 15 is 0 Å². The first-order valence-electron chi connectivity index (χ1n) is 7.76. The number of methoxy groups -OCH3 is 1. The molecule has 0 aromatic carbocycles. The Hall–Kier alpha value is -1.45. The molecule has 0 aliphatic heterocycles. The van der Waals surface area contributed by atoms with Crippen LogP contribution in [0.2, 0.25) is 0 Å². The van der Waals surface area contributed by atoms with Crippen LogP contribution in [0.3, 0.4) is 0 Å². The van der Waals surface area contributed by atoms with E-state index in [2.05, 4.69) is 31.7 Å². The van der Waals surface area contributed by atoms with Crippen LogP contribution in [0.15, 0.2) is 10.5 Å². The summed E-state index contributed by atoms with van der Waals surface area (Å²) in [4.78, 5) is 12.8. The minimum Gasteiger partial charge on any atom is -0.465 e. The molecule has 9 heteroatoms. The lowest BCUT2D eigenvalue weighted by atomic mass is 10.3. The van der Waals surface area contributed by atoms with Gasteiger partial charge < -0.3 is 15.4 Å². The van der Waals surface area contributed by atoms with Crippen molar-refractivity contribution in [2.24, 2.45) is 0 Å². The van der Waals surface area contributed by atoms with Crippen LogP contribution in [0.25, 0.3) is 0 Å². The van der Waals surface area contributed by atoms with Gasteiger partial charge in [0.25, 0.3) is 0 Å². The molecule has 2 aromatic heterocycles. The van der Waals surface area contributed by atoms with E-state index in [1.54, 1.807) is 6.07 Å². The van der Waals surface area contributed by atoms with Gasteiger partial charge in [-0.3, -0.25) is 4.68 Å². The lowest BCUT2D eigenvalue weighted by molar-refractivity contribution is 0.0602. The number of carbonyl (C=O) groups excluding carboxylic acids is 1. The van der Waals surface area contributed by atoms with Crippen LogP contribution in [0.4, 0.5) is 5.00 Å². The van der Waals surface area contributed by atoms with E-state index < -0.39 is 0 Å². The summed E-state index contributed by atoms with van der Waals surface area (Å²) in [6.07, 6.45) is 0.879. The summed E-state index contributed by atoms with van der Waals surface area (Å²) in [7, 11) is 1.37. The minimum atomic E-state index is -0.371. The van der Waals surface area contributed by atoms with Gasteiger partial charge >= 0.3 is 5.97 Å². The second kappa shape index (κ2) is 8.77. The van der Waals surface area contributed by atoms with Crippen molar-refractivity contribution in [1.82, 2.24) is 15.1 Å². The van der Waals surface area contributed by atoms with Crippen LogP contribution in [-0.2, 0) is 11.3 Å². The SMILES string of the molecule is COC(=O)c1cc(C)sc1NC(=S)NCCCn1nc(C)c(Br)c1C. The Morgan fingerprint density at radius 1 is 1.44 bits per heavy atom. The molecule has 0 aliphatic carbocycles. The number of halogens is 1. The number of thiophene rings is 1. The molecule has 0 atom stereocenters. The van der Waals surface area contributed by atoms with Crippen molar-refractivity contribution in [3.8, 4) is 0 Å². The molecule has 0 spiro atoms. The highest BCUT2D eigenvalue weighted by Gasteiger charge is 2.16. The Kier molecular flexibility index (Phi) is 6.97. The maximum Gasteiger partial charge on any atom is 0.340 e. The van der Waals surface area contributed by atoms with E-state index in [0.29, 0.717) is 22.2 Å². The highest BCUT2D eigenvalue weighted by Crippen LogP contribution is 2.28.